The van der Waals surface area contributed by atoms with E-state index in [1.807, 2.05) is 18.5 Å². The van der Waals surface area contributed by atoms with Crippen LogP contribution in [0.5, 0.6) is 0 Å². The SMILES string of the molecule is Brc1ccc2[nH]c(C3=CN=CC3)cc2c1. The lowest BCUT2D eigenvalue weighted by atomic mass is 10.1. The van der Waals surface area contributed by atoms with Crippen molar-refractivity contribution >= 4 is 38.6 Å². The molecule has 1 aliphatic heterocycles. The van der Waals surface area contributed by atoms with E-state index in [1.54, 1.807) is 0 Å². The van der Waals surface area contributed by atoms with Gasteiger partial charge in [-0.25, -0.2) is 0 Å². The molecule has 1 aromatic carbocycles. The molecule has 0 bridgehead atoms. The number of aliphatic imine (C=N–C) groups is 1. The van der Waals surface area contributed by atoms with Crippen LogP contribution in [0.25, 0.3) is 16.5 Å². The third-order valence-corrected chi connectivity index (χ3v) is 3.07. The molecular formula is C12H9BrN2. The van der Waals surface area contributed by atoms with E-state index in [4.69, 9.17) is 0 Å². The first-order valence-corrected chi connectivity index (χ1v) is 5.61. The van der Waals surface area contributed by atoms with Gasteiger partial charge in [0.15, 0.2) is 0 Å². The Morgan fingerprint density at radius 3 is 3.00 bits per heavy atom. The van der Waals surface area contributed by atoms with Crippen molar-refractivity contribution in [3.8, 4) is 0 Å². The average Bonchev–Trinajstić information content (AvgIpc) is 2.84. The summed E-state index contributed by atoms with van der Waals surface area (Å²) < 4.78 is 1.11. The van der Waals surface area contributed by atoms with E-state index < -0.39 is 0 Å². The minimum atomic E-state index is 0.925. The van der Waals surface area contributed by atoms with Gasteiger partial charge in [0, 0.05) is 39.9 Å². The van der Waals surface area contributed by atoms with Gasteiger partial charge >= 0.3 is 0 Å². The largest absolute Gasteiger partial charge is 0.355 e. The number of hydrogen-bond acceptors (Lipinski definition) is 1. The van der Waals surface area contributed by atoms with Crippen molar-refractivity contribution in [2.45, 2.75) is 6.42 Å². The summed E-state index contributed by atoms with van der Waals surface area (Å²) in [5, 5.41) is 1.23. The first-order chi connectivity index (χ1) is 7.33. The molecule has 2 nitrogen and oxygen atoms in total. The Kier molecular flexibility index (Phi) is 1.99. The minimum absolute atomic E-state index is 0.925. The highest BCUT2D eigenvalue weighted by molar-refractivity contribution is 9.10. The molecule has 1 N–H and O–H groups in total. The lowest BCUT2D eigenvalue weighted by Gasteiger charge is -1.93. The number of benzene rings is 1. The van der Waals surface area contributed by atoms with E-state index in [9.17, 15) is 0 Å². The molecule has 3 heteroatoms. The van der Waals surface area contributed by atoms with Gasteiger partial charge in [0.1, 0.15) is 0 Å². The van der Waals surface area contributed by atoms with Crippen LogP contribution in [-0.4, -0.2) is 11.2 Å². The molecule has 1 aliphatic rings. The summed E-state index contributed by atoms with van der Waals surface area (Å²) in [4.78, 5) is 7.51. The molecule has 74 valence electrons. The minimum Gasteiger partial charge on any atom is -0.355 e. The summed E-state index contributed by atoms with van der Waals surface area (Å²) in [5.74, 6) is 0. The second-order valence-corrected chi connectivity index (χ2v) is 4.52. The number of aromatic nitrogens is 1. The van der Waals surface area contributed by atoms with E-state index >= 15 is 0 Å². The summed E-state index contributed by atoms with van der Waals surface area (Å²) >= 11 is 3.47. The first kappa shape index (κ1) is 8.92. The second kappa shape index (κ2) is 3.35. The van der Waals surface area contributed by atoms with Crippen LogP contribution in [0.3, 0.4) is 0 Å². The fourth-order valence-electron chi connectivity index (χ4n) is 1.80. The Hall–Kier alpha value is -1.35. The molecule has 1 aromatic heterocycles. The van der Waals surface area contributed by atoms with E-state index in [-0.39, 0.29) is 0 Å². The van der Waals surface area contributed by atoms with Gasteiger partial charge in [-0.1, -0.05) is 15.9 Å². The smallest absolute Gasteiger partial charge is 0.0459 e. The third kappa shape index (κ3) is 1.53. The van der Waals surface area contributed by atoms with Crippen molar-refractivity contribution in [3.63, 3.8) is 0 Å². The van der Waals surface area contributed by atoms with Gasteiger partial charge in [-0.2, -0.15) is 0 Å². The maximum atomic E-state index is 4.11. The lowest BCUT2D eigenvalue weighted by Crippen LogP contribution is -1.80. The van der Waals surface area contributed by atoms with Gasteiger partial charge in [0.05, 0.1) is 0 Å². The van der Waals surface area contributed by atoms with Crippen LogP contribution in [0.15, 0.2) is 39.9 Å². The Morgan fingerprint density at radius 1 is 1.27 bits per heavy atom. The van der Waals surface area contributed by atoms with Crippen molar-refractivity contribution in [1.29, 1.82) is 0 Å². The van der Waals surface area contributed by atoms with E-state index in [1.165, 1.54) is 22.2 Å². The van der Waals surface area contributed by atoms with Crippen LogP contribution in [-0.2, 0) is 0 Å². The van der Waals surface area contributed by atoms with Crippen LogP contribution in [0.2, 0.25) is 0 Å². The van der Waals surface area contributed by atoms with Crippen LogP contribution in [0, 0.1) is 0 Å². The molecule has 15 heavy (non-hydrogen) atoms. The Labute approximate surface area is 95.8 Å². The Balaban J connectivity index is 2.14. The van der Waals surface area contributed by atoms with Crippen LogP contribution < -0.4 is 0 Å². The number of nitrogens with one attached hydrogen (secondary N) is 1. The quantitative estimate of drug-likeness (QED) is 0.809. The van der Waals surface area contributed by atoms with Crippen molar-refractivity contribution in [2.75, 3.05) is 0 Å². The fraction of sp³-hybridized carbons (Fsp3) is 0.0833. The van der Waals surface area contributed by atoms with Crippen LogP contribution >= 0.6 is 15.9 Å². The number of aromatic amines is 1. The number of halogens is 1. The molecular weight excluding hydrogens is 252 g/mol. The number of fused-ring (bicyclic) bond motifs is 1. The molecule has 0 unspecified atom stereocenters. The van der Waals surface area contributed by atoms with Gasteiger partial charge in [0.2, 0.25) is 0 Å². The molecule has 2 aromatic rings. The van der Waals surface area contributed by atoms with Crippen LogP contribution in [0.4, 0.5) is 0 Å². The normalized spacial score (nSPS) is 14.9. The Morgan fingerprint density at radius 2 is 2.20 bits per heavy atom. The lowest BCUT2D eigenvalue weighted by molar-refractivity contribution is 1.36. The third-order valence-electron chi connectivity index (χ3n) is 2.58. The molecule has 0 atom stereocenters. The van der Waals surface area contributed by atoms with Gasteiger partial charge < -0.3 is 4.98 Å². The maximum absolute atomic E-state index is 4.11. The average molecular weight is 261 g/mol. The fourth-order valence-corrected chi connectivity index (χ4v) is 2.18. The van der Waals surface area contributed by atoms with E-state index in [2.05, 4.69) is 44.1 Å². The molecule has 0 spiro atoms. The maximum Gasteiger partial charge on any atom is 0.0459 e. The van der Waals surface area contributed by atoms with Crippen molar-refractivity contribution in [3.05, 3.63) is 40.6 Å². The predicted octanol–water partition coefficient (Wildman–Crippen LogP) is 3.75. The number of H-pyrrole nitrogens is 1. The van der Waals surface area contributed by atoms with Gasteiger partial charge in [-0.3, -0.25) is 4.99 Å². The van der Waals surface area contributed by atoms with E-state index in [0.717, 1.165) is 10.9 Å². The number of hydrogen-bond donors (Lipinski definition) is 1. The zero-order valence-corrected chi connectivity index (χ0v) is 9.58. The number of rotatable bonds is 1. The van der Waals surface area contributed by atoms with Crippen molar-refractivity contribution in [1.82, 2.24) is 4.98 Å². The topological polar surface area (TPSA) is 28.1 Å². The van der Waals surface area contributed by atoms with Gasteiger partial charge in [0.25, 0.3) is 0 Å². The number of allylic oxidation sites excluding steroid dienone is 1. The molecule has 0 saturated heterocycles. The molecule has 3 rings (SSSR count). The molecule has 0 radical (unpaired) electrons. The summed E-state index contributed by atoms with van der Waals surface area (Å²) in [6.07, 6.45) is 4.77. The van der Waals surface area contributed by atoms with E-state index in [0.29, 0.717) is 0 Å². The Bertz CT molecular complexity index is 578. The first-order valence-electron chi connectivity index (χ1n) is 4.82. The molecule has 0 amide bonds. The highest BCUT2D eigenvalue weighted by Crippen LogP contribution is 2.26. The molecule has 2 heterocycles. The highest BCUT2D eigenvalue weighted by Gasteiger charge is 2.07. The van der Waals surface area contributed by atoms with Crippen LogP contribution in [0.1, 0.15) is 12.1 Å². The number of nitrogens with zero attached hydrogens (tertiary/aromatic N) is 1. The zero-order valence-electron chi connectivity index (χ0n) is 8.00. The van der Waals surface area contributed by atoms with Gasteiger partial charge in [-0.15, -0.1) is 0 Å². The summed E-state index contributed by atoms with van der Waals surface area (Å²) in [6.45, 7) is 0. The predicted molar refractivity (Wildman–Crippen MR) is 67.1 cm³/mol. The van der Waals surface area contributed by atoms with Crippen molar-refractivity contribution in [2.24, 2.45) is 4.99 Å². The summed E-state index contributed by atoms with van der Waals surface area (Å²) in [7, 11) is 0. The monoisotopic (exact) mass is 260 g/mol. The standard InChI is InChI=1S/C12H9BrN2/c13-10-1-2-11-9(5-10)6-12(15-11)8-3-4-14-7-8/h1-2,4-7,15H,3H2. The second-order valence-electron chi connectivity index (χ2n) is 3.60. The van der Waals surface area contributed by atoms with Crippen molar-refractivity contribution < 1.29 is 0 Å². The van der Waals surface area contributed by atoms with Gasteiger partial charge in [-0.05, 0) is 29.8 Å². The summed E-state index contributed by atoms with van der Waals surface area (Å²) in [6, 6.07) is 8.41. The molecule has 0 aliphatic carbocycles. The zero-order chi connectivity index (χ0) is 10.3. The highest BCUT2D eigenvalue weighted by atomic mass is 79.9. The summed E-state index contributed by atoms with van der Waals surface area (Å²) in [5.41, 5.74) is 3.59. The molecule has 0 fully saturated rings. The molecule has 0 saturated carbocycles.